The lowest BCUT2D eigenvalue weighted by Gasteiger charge is -2.43. The highest BCUT2D eigenvalue weighted by Crippen LogP contribution is 2.28. The lowest BCUT2D eigenvalue weighted by Crippen LogP contribution is -2.58. The van der Waals surface area contributed by atoms with Crippen molar-refractivity contribution in [3.8, 4) is 0 Å². The van der Waals surface area contributed by atoms with E-state index in [0.717, 1.165) is 25.7 Å². The lowest BCUT2D eigenvalue weighted by atomic mass is 9.82. The van der Waals surface area contributed by atoms with Gasteiger partial charge in [-0.15, -0.1) is 0 Å². The van der Waals surface area contributed by atoms with E-state index in [2.05, 4.69) is 31.0 Å². The number of nitrogens with zero attached hydrogens (tertiary/aromatic N) is 1. The summed E-state index contributed by atoms with van der Waals surface area (Å²) in [5, 5.41) is 3.79. The summed E-state index contributed by atoms with van der Waals surface area (Å²) in [4.78, 5) is 2.69. The van der Waals surface area contributed by atoms with Crippen molar-refractivity contribution in [3.63, 3.8) is 0 Å². The van der Waals surface area contributed by atoms with Crippen molar-refractivity contribution < 1.29 is 4.74 Å². The first kappa shape index (κ1) is 16.3. The minimum absolute atomic E-state index is 0.586. The van der Waals surface area contributed by atoms with E-state index < -0.39 is 0 Å². The standard InChI is InChI=1S/C17H34N2O/c1-4-20-13-17(14(2)3)19-11-10-18-16(12-19)15-8-6-5-7-9-15/h14-18H,4-13H2,1-3H3. The van der Waals surface area contributed by atoms with Crippen LogP contribution in [0.4, 0.5) is 0 Å². The first-order valence-electron chi connectivity index (χ1n) is 8.77. The molecule has 2 unspecified atom stereocenters. The Kier molecular flexibility index (Phi) is 6.79. The Morgan fingerprint density at radius 2 is 1.95 bits per heavy atom. The van der Waals surface area contributed by atoms with Gasteiger partial charge in [0.15, 0.2) is 0 Å². The third kappa shape index (κ3) is 4.44. The van der Waals surface area contributed by atoms with Gasteiger partial charge in [0.1, 0.15) is 0 Å². The summed E-state index contributed by atoms with van der Waals surface area (Å²) in [6, 6.07) is 1.30. The number of hydrogen-bond donors (Lipinski definition) is 1. The molecule has 1 saturated carbocycles. The molecule has 3 nitrogen and oxygen atoms in total. The van der Waals surface area contributed by atoms with Crippen LogP contribution < -0.4 is 5.32 Å². The highest BCUT2D eigenvalue weighted by molar-refractivity contribution is 4.89. The number of rotatable bonds is 6. The summed E-state index contributed by atoms with van der Waals surface area (Å²) in [5.41, 5.74) is 0. The van der Waals surface area contributed by atoms with E-state index in [-0.39, 0.29) is 0 Å². The predicted molar refractivity (Wildman–Crippen MR) is 85.1 cm³/mol. The Morgan fingerprint density at radius 1 is 1.20 bits per heavy atom. The second kappa shape index (κ2) is 8.35. The Morgan fingerprint density at radius 3 is 2.60 bits per heavy atom. The molecule has 1 N–H and O–H groups in total. The molecule has 0 radical (unpaired) electrons. The molecule has 0 amide bonds. The smallest absolute Gasteiger partial charge is 0.0624 e. The molecule has 1 aliphatic carbocycles. The van der Waals surface area contributed by atoms with E-state index in [1.165, 1.54) is 45.2 Å². The third-order valence-corrected chi connectivity index (χ3v) is 5.19. The molecule has 118 valence electrons. The van der Waals surface area contributed by atoms with Crippen molar-refractivity contribution in [3.05, 3.63) is 0 Å². The quantitative estimate of drug-likeness (QED) is 0.811. The minimum atomic E-state index is 0.586. The number of piperazine rings is 1. The Labute approximate surface area is 125 Å². The number of ether oxygens (including phenoxy) is 1. The first-order valence-corrected chi connectivity index (χ1v) is 8.77. The van der Waals surface area contributed by atoms with Gasteiger partial charge in [0.25, 0.3) is 0 Å². The molecule has 2 aliphatic rings. The van der Waals surface area contributed by atoms with Crippen molar-refractivity contribution >= 4 is 0 Å². The van der Waals surface area contributed by atoms with Crippen molar-refractivity contribution in [2.45, 2.75) is 65.0 Å². The molecule has 0 aromatic carbocycles. The summed E-state index contributed by atoms with van der Waals surface area (Å²) in [7, 11) is 0. The average Bonchev–Trinajstić information content (AvgIpc) is 2.48. The zero-order valence-electron chi connectivity index (χ0n) is 13.7. The summed E-state index contributed by atoms with van der Waals surface area (Å²) in [5.74, 6) is 1.58. The fourth-order valence-corrected chi connectivity index (χ4v) is 3.91. The van der Waals surface area contributed by atoms with Gasteiger partial charge in [-0.3, -0.25) is 4.90 Å². The molecule has 2 atom stereocenters. The molecular weight excluding hydrogens is 248 g/mol. The van der Waals surface area contributed by atoms with Crippen LogP contribution in [-0.4, -0.2) is 49.8 Å². The van der Waals surface area contributed by atoms with E-state index in [9.17, 15) is 0 Å². The zero-order valence-corrected chi connectivity index (χ0v) is 13.7. The van der Waals surface area contributed by atoms with E-state index in [4.69, 9.17) is 4.74 Å². The molecule has 0 bridgehead atoms. The van der Waals surface area contributed by atoms with Gasteiger partial charge in [-0.2, -0.15) is 0 Å². The number of nitrogens with one attached hydrogen (secondary N) is 1. The zero-order chi connectivity index (χ0) is 14.4. The van der Waals surface area contributed by atoms with Crippen LogP contribution in [0.2, 0.25) is 0 Å². The fourth-order valence-electron chi connectivity index (χ4n) is 3.91. The molecule has 1 saturated heterocycles. The van der Waals surface area contributed by atoms with Crippen LogP contribution in [0, 0.1) is 11.8 Å². The van der Waals surface area contributed by atoms with E-state index >= 15 is 0 Å². The summed E-state index contributed by atoms with van der Waals surface area (Å²) >= 11 is 0. The normalized spacial score (nSPS) is 27.9. The summed E-state index contributed by atoms with van der Waals surface area (Å²) in [6.07, 6.45) is 7.20. The van der Waals surface area contributed by atoms with Gasteiger partial charge >= 0.3 is 0 Å². The van der Waals surface area contributed by atoms with Crippen LogP contribution in [0.3, 0.4) is 0 Å². The molecule has 0 spiro atoms. The fraction of sp³-hybridized carbons (Fsp3) is 1.00. The van der Waals surface area contributed by atoms with Crippen molar-refractivity contribution in [2.75, 3.05) is 32.8 Å². The SMILES string of the molecule is CCOCC(C(C)C)N1CCNC(C2CCCCC2)C1. The molecule has 0 aromatic rings. The predicted octanol–water partition coefficient (Wildman–Crippen LogP) is 2.90. The monoisotopic (exact) mass is 282 g/mol. The average molecular weight is 282 g/mol. The van der Waals surface area contributed by atoms with Crippen LogP contribution >= 0.6 is 0 Å². The number of hydrogen-bond acceptors (Lipinski definition) is 3. The minimum Gasteiger partial charge on any atom is -0.380 e. The van der Waals surface area contributed by atoms with Gasteiger partial charge < -0.3 is 10.1 Å². The molecule has 3 heteroatoms. The highest BCUT2D eigenvalue weighted by Gasteiger charge is 2.31. The van der Waals surface area contributed by atoms with Crippen LogP contribution in [0.25, 0.3) is 0 Å². The van der Waals surface area contributed by atoms with Crippen LogP contribution in [0.15, 0.2) is 0 Å². The van der Waals surface area contributed by atoms with E-state index in [0.29, 0.717) is 18.0 Å². The molecule has 0 aromatic heterocycles. The van der Waals surface area contributed by atoms with Gasteiger partial charge in [0.2, 0.25) is 0 Å². The maximum absolute atomic E-state index is 5.73. The van der Waals surface area contributed by atoms with Gasteiger partial charge in [0, 0.05) is 38.3 Å². The topological polar surface area (TPSA) is 24.5 Å². The Balaban J connectivity index is 1.89. The molecular formula is C17H34N2O. The van der Waals surface area contributed by atoms with Gasteiger partial charge in [-0.05, 0) is 31.6 Å². The largest absolute Gasteiger partial charge is 0.380 e. The summed E-state index contributed by atoms with van der Waals surface area (Å²) < 4.78 is 5.73. The maximum Gasteiger partial charge on any atom is 0.0624 e. The van der Waals surface area contributed by atoms with Crippen molar-refractivity contribution in [2.24, 2.45) is 11.8 Å². The van der Waals surface area contributed by atoms with Gasteiger partial charge in [-0.1, -0.05) is 33.1 Å². The van der Waals surface area contributed by atoms with Gasteiger partial charge in [0.05, 0.1) is 6.61 Å². The summed E-state index contributed by atoms with van der Waals surface area (Å²) in [6.45, 7) is 12.0. The van der Waals surface area contributed by atoms with Crippen molar-refractivity contribution in [1.82, 2.24) is 10.2 Å². The second-order valence-corrected chi connectivity index (χ2v) is 6.92. The molecule has 1 aliphatic heterocycles. The third-order valence-electron chi connectivity index (χ3n) is 5.19. The Bertz CT molecular complexity index is 264. The maximum atomic E-state index is 5.73. The Hall–Kier alpha value is -0.120. The van der Waals surface area contributed by atoms with Crippen LogP contribution in [0.5, 0.6) is 0 Å². The molecule has 2 rings (SSSR count). The van der Waals surface area contributed by atoms with E-state index in [1.54, 1.807) is 0 Å². The molecule has 2 fully saturated rings. The van der Waals surface area contributed by atoms with E-state index in [1.807, 2.05) is 0 Å². The molecule has 1 heterocycles. The van der Waals surface area contributed by atoms with Crippen LogP contribution in [0.1, 0.15) is 52.9 Å². The highest BCUT2D eigenvalue weighted by atomic mass is 16.5. The van der Waals surface area contributed by atoms with Crippen LogP contribution in [-0.2, 0) is 4.74 Å². The second-order valence-electron chi connectivity index (χ2n) is 6.92. The molecule has 20 heavy (non-hydrogen) atoms. The lowest BCUT2D eigenvalue weighted by molar-refractivity contribution is 0.0212. The van der Waals surface area contributed by atoms with Crippen molar-refractivity contribution in [1.29, 1.82) is 0 Å². The van der Waals surface area contributed by atoms with Gasteiger partial charge in [-0.25, -0.2) is 0 Å². The first-order chi connectivity index (χ1) is 9.72.